The number of aromatic nitrogens is 1. The lowest BCUT2D eigenvalue weighted by atomic mass is 9.85. The number of para-hydroxylation sites is 1. The maximum atomic E-state index is 13.7. The number of carbonyl (C=O) groups is 3. The molecule has 0 saturated carbocycles. The highest BCUT2D eigenvalue weighted by Crippen LogP contribution is 2.31. The molecule has 10 nitrogen and oxygen atoms in total. The number of aliphatic hydroxyl groups excluding tert-OH is 1. The van der Waals surface area contributed by atoms with Crippen molar-refractivity contribution >= 4 is 29.1 Å². The van der Waals surface area contributed by atoms with Crippen LogP contribution in [0.4, 0.5) is 0 Å². The van der Waals surface area contributed by atoms with Gasteiger partial charge in [0.15, 0.2) is 11.5 Å². The van der Waals surface area contributed by atoms with Crippen LogP contribution in [-0.4, -0.2) is 67.7 Å². The molecule has 2 unspecified atom stereocenters. The van der Waals surface area contributed by atoms with E-state index in [2.05, 4.69) is 15.6 Å². The number of aromatic hydroxyl groups is 2. The minimum Gasteiger partial charge on any atom is -0.504 e. The van der Waals surface area contributed by atoms with Crippen molar-refractivity contribution in [3.8, 4) is 21.9 Å². The van der Waals surface area contributed by atoms with Crippen LogP contribution in [0.3, 0.4) is 0 Å². The summed E-state index contributed by atoms with van der Waals surface area (Å²) in [6.45, 7) is 7.42. The van der Waals surface area contributed by atoms with E-state index < -0.39 is 52.8 Å². The third-order valence-electron chi connectivity index (χ3n) is 6.94. The molecule has 1 aromatic heterocycles. The number of benzene rings is 2. The largest absolute Gasteiger partial charge is 0.504 e. The summed E-state index contributed by atoms with van der Waals surface area (Å²) in [6.07, 6.45) is -0.827. The van der Waals surface area contributed by atoms with E-state index in [0.29, 0.717) is 0 Å². The first kappa shape index (κ1) is 29.0. The van der Waals surface area contributed by atoms with Gasteiger partial charge in [0.25, 0.3) is 5.91 Å². The average molecular weight is 567 g/mol. The molecule has 2 heterocycles. The lowest BCUT2D eigenvalue weighted by Crippen LogP contribution is -2.57. The van der Waals surface area contributed by atoms with E-state index in [4.69, 9.17) is 0 Å². The Morgan fingerprint density at radius 3 is 2.45 bits per heavy atom. The van der Waals surface area contributed by atoms with E-state index >= 15 is 0 Å². The molecule has 3 aromatic rings. The lowest BCUT2D eigenvalue weighted by molar-refractivity contribution is -0.142. The molecule has 0 spiro atoms. The van der Waals surface area contributed by atoms with Crippen molar-refractivity contribution in [1.29, 1.82) is 0 Å². The van der Waals surface area contributed by atoms with Crippen LogP contribution < -0.4 is 10.6 Å². The molecule has 11 heteroatoms. The summed E-state index contributed by atoms with van der Waals surface area (Å²) in [7, 11) is 0. The van der Waals surface area contributed by atoms with Crippen molar-refractivity contribution in [1.82, 2.24) is 20.5 Å². The maximum Gasteiger partial charge on any atom is 0.255 e. The Balaban J connectivity index is 1.46. The summed E-state index contributed by atoms with van der Waals surface area (Å²) >= 11 is 1.56. The molecular formula is C29H34N4O6S. The second kappa shape index (κ2) is 11.6. The predicted molar refractivity (Wildman–Crippen MR) is 151 cm³/mol. The first-order chi connectivity index (χ1) is 18.9. The summed E-state index contributed by atoms with van der Waals surface area (Å²) in [5.41, 5.74) is 3.72. The molecule has 1 aliphatic rings. The van der Waals surface area contributed by atoms with Gasteiger partial charge in [0, 0.05) is 19.5 Å². The van der Waals surface area contributed by atoms with E-state index in [1.807, 2.05) is 31.2 Å². The van der Waals surface area contributed by atoms with Crippen LogP contribution in [0, 0.1) is 12.3 Å². The first-order valence-electron chi connectivity index (χ1n) is 12.9. The number of hydrogen-bond acceptors (Lipinski definition) is 8. The van der Waals surface area contributed by atoms with Gasteiger partial charge in [-0.3, -0.25) is 14.4 Å². The number of aryl methyl sites for hydroxylation is 1. The van der Waals surface area contributed by atoms with Gasteiger partial charge in [0.2, 0.25) is 11.8 Å². The van der Waals surface area contributed by atoms with E-state index in [-0.39, 0.29) is 25.1 Å². The quantitative estimate of drug-likeness (QED) is 0.276. The molecule has 4 rings (SSSR count). The molecule has 3 amide bonds. The highest BCUT2D eigenvalue weighted by atomic mass is 32.1. The minimum atomic E-state index is -1.08. The SMILES string of the molecule is Cc1ncsc1-c1ccc(CNC(=O)C2CC(O)CN2C(=O)[C@@H](NC(=O)c2cccc(O)c2O)C(C)(C)C)cc1. The number of phenolic OH excluding ortho intramolecular Hbond substituents is 2. The van der Waals surface area contributed by atoms with Gasteiger partial charge in [-0.1, -0.05) is 51.1 Å². The monoisotopic (exact) mass is 566 g/mol. The van der Waals surface area contributed by atoms with Gasteiger partial charge in [-0.25, -0.2) is 4.98 Å². The zero-order chi connectivity index (χ0) is 29.2. The van der Waals surface area contributed by atoms with Crippen molar-refractivity contribution in [2.45, 2.75) is 58.8 Å². The number of β-amino-alcohol motifs (C(OH)–C–C–N with tert-alkyl or cyclic N) is 1. The number of thiazole rings is 1. The van der Waals surface area contributed by atoms with Crippen LogP contribution in [0.2, 0.25) is 0 Å². The van der Waals surface area contributed by atoms with Gasteiger partial charge in [0.1, 0.15) is 12.1 Å². The molecule has 0 bridgehead atoms. The van der Waals surface area contributed by atoms with Crippen molar-refractivity contribution < 1.29 is 29.7 Å². The van der Waals surface area contributed by atoms with Crippen molar-refractivity contribution in [3.63, 3.8) is 0 Å². The summed E-state index contributed by atoms with van der Waals surface area (Å²) in [5, 5.41) is 35.8. The number of carbonyl (C=O) groups excluding carboxylic acids is 3. The van der Waals surface area contributed by atoms with Crippen LogP contribution in [0.1, 0.15) is 48.8 Å². The fourth-order valence-electron chi connectivity index (χ4n) is 4.70. The average Bonchev–Trinajstić information content (AvgIpc) is 3.52. The van der Waals surface area contributed by atoms with E-state index in [1.54, 1.807) is 37.6 Å². The highest BCUT2D eigenvalue weighted by Gasteiger charge is 2.44. The van der Waals surface area contributed by atoms with Gasteiger partial charge in [0.05, 0.1) is 27.7 Å². The topological polar surface area (TPSA) is 152 Å². The normalized spacial score (nSPS) is 17.9. The molecule has 0 radical (unpaired) electrons. The van der Waals surface area contributed by atoms with Crippen LogP contribution >= 0.6 is 11.3 Å². The Morgan fingerprint density at radius 2 is 1.82 bits per heavy atom. The number of nitrogens with zero attached hydrogens (tertiary/aromatic N) is 2. The van der Waals surface area contributed by atoms with Crippen molar-refractivity contribution in [3.05, 3.63) is 64.8 Å². The van der Waals surface area contributed by atoms with Gasteiger partial charge in [-0.05, 0) is 35.6 Å². The number of hydrogen-bond donors (Lipinski definition) is 5. The molecule has 1 aliphatic heterocycles. The van der Waals surface area contributed by atoms with Crippen LogP contribution in [0.25, 0.3) is 10.4 Å². The number of rotatable bonds is 7. The second-order valence-electron chi connectivity index (χ2n) is 11.0. The number of aliphatic hydroxyl groups is 1. The summed E-state index contributed by atoms with van der Waals surface area (Å²) in [4.78, 5) is 46.6. The Hall–Kier alpha value is -3.96. The Bertz CT molecular complexity index is 1400. The van der Waals surface area contributed by atoms with E-state index in [9.17, 15) is 29.7 Å². The molecule has 0 aliphatic carbocycles. The number of phenols is 2. The number of amides is 3. The summed E-state index contributed by atoms with van der Waals surface area (Å²) in [6, 6.07) is 9.76. The second-order valence-corrected chi connectivity index (χ2v) is 11.9. The van der Waals surface area contributed by atoms with Crippen molar-refractivity contribution in [2.75, 3.05) is 6.54 Å². The molecular weight excluding hydrogens is 532 g/mol. The Kier molecular flexibility index (Phi) is 8.45. The van der Waals surface area contributed by atoms with Crippen LogP contribution in [0.5, 0.6) is 11.5 Å². The molecule has 212 valence electrons. The molecule has 5 N–H and O–H groups in total. The Labute approximate surface area is 236 Å². The minimum absolute atomic E-state index is 0.0559. The van der Waals surface area contributed by atoms with Gasteiger partial charge < -0.3 is 30.9 Å². The molecule has 40 heavy (non-hydrogen) atoms. The zero-order valence-corrected chi connectivity index (χ0v) is 23.7. The fourth-order valence-corrected chi connectivity index (χ4v) is 5.52. The first-order valence-corrected chi connectivity index (χ1v) is 13.8. The lowest BCUT2D eigenvalue weighted by Gasteiger charge is -2.35. The zero-order valence-electron chi connectivity index (χ0n) is 22.8. The van der Waals surface area contributed by atoms with Crippen molar-refractivity contribution in [2.24, 2.45) is 5.41 Å². The van der Waals surface area contributed by atoms with Gasteiger partial charge >= 0.3 is 0 Å². The number of nitrogens with one attached hydrogen (secondary N) is 2. The van der Waals surface area contributed by atoms with Crippen LogP contribution in [-0.2, 0) is 16.1 Å². The summed E-state index contributed by atoms with van der Waals surface area (Å²) in [5.74, 6) is -2.74. The van der Waals surface area contributed by atoms with Gasteiger partial charge in [-0.15, -0.1) is 11.3 Å². The molecule has 3 atom stereocenters. The third kappa shape index (κ3) is 6.26. The maximum absolute atomic E-state index is 13.7. The molecule has 2 aromatic carbocycles. The molecule has 1 saturated heterocycles. The third-order valence-corrected chi connectivity index (χ3v) is 7.92. The predicted octanol–water partition coefficient (Wildman–Crippen LogP) is 2.95. The van der Waals surface area contributed by atoms with E-state index in [1.165, 1.54) is 23.1 Å². The highest BCUT2D eigenvalue weighted by molar-refractivity contribution is 7.13. The van der Waals surface area contributed by atoms with Gasteiger partial charge in [-0.2, -0.15) is 0 Å². The Morgan fingerprint density at radius 1 is 1.12 bits per heavy atom. The standard InChI is InChI=1S/C29H34N4O6S/c1-16-24(40-15-31-16)18-10-8-17(9-11-18)13-30-27(38)21-12-19(34)14-33(21)28(39)25(29(2,3)4)32-26(37)20-6-5-7-22(35)23(20)36/h5-11,15,19,21,25,34-36H,12-14H2,1-4H3,(H,30,38)(H,32,37)/t19?,21?,25-/m1/s1. The fraction of sp³-hybridized carbons (Fsp3) is 0.379. The molecule has 1 fully saturated rings. The summed E-state index contributed by atoms with van der Waals surface area (Å²) < 4.78 is 0. The van der Waals surface area contributed by atoms with E-state index in [0.717, 1.165) is 21.7 Å². The smallest absolute Gasteiger partial charge is 0.255 e. The van der Waals surface area contributed by atoms with Crippen LogP contribution in [0.15, 0.2) is 48.0 Å². The number of likely N-dealkylation sites (tertiary alicyclic amines) is 1.